The standard InChI is InChI=1S/C14H19BrClN3O2S.HI/c1-2-17-14(19-12-5-6-22(20,21)9-12)18-8-10-3-4-11(15)7-13(10)16;/h3-4,7,12H,2,5-6,8-9H2,1H3,(H2,17,18,19);1H. The number of benzene rings is 1. The first-order chi connectivity index (χ1) is 10.4. The number of sulfone groups is 1. The van der Waals surface area contributed by atoms with Crippen molar-refractivity contribution in [2.24, 2.45) is 4.99 Å². The van der Waals surface area contributed by atoms with E-state index in [4.69, 9.17) is 11.6 Å². The minimum absolute atomic E-state index is 0. The molecule has 1 aliphatic heterocycles. The molecule has 0 amide bonds. The van der Waals surface area contributed by atoms with Crippen LogP contribution >= 0.6 is 51.5 Å². The van der Waals surface area contributed by atoms with E-state index in [1.807, 2.05) is 25.1 Å². The Morgan fingerprint density at radius 1 is 1.48 bits per heavy atom. The lowest BCUT2D eigenvalue weighted by Crippen LogP contribution is -2.44. The monoisotopic (exact) mass is 535 g/mol. The maximum absolute atomic E-state index is 11.5. The average molecular weight is 537 g/mol. The maximum atomic E-state index is 11.5. The molecule has 0 spiro atoms. The molecule has 0 radical (unpaired) electrons. The molecule has 1 fully saturated rings. The molecule has 23 heavy (non-hydrogen) atoms. The predicted octanol–water partition coefficient (Wildman–Crippen LogP) is 2.96. The van der Waals surface area contributed by atoms with Crippen LogP contribution in [0.3, 0.4) is 0 Å². The van der Waals surface area contributed by atoms with Crippen LogP contribution in [-0.2, 0) is 16.4 Å². The molecule has 1 heterocycles. The van der Waals surface area contributed by atoms with Crippen molar-refractivity contribution in [1.29, 1.82) is 0 Å². The van der Waals surface area contributed by atoms with E-state index in [9.17, 15) is 8.42 Å². The summed E-state index contributed by atoms with van der Waals surface area (Å²) in [5, 5.41) is 6.96. The summed E-state index contributed by atoms with van der Waals surface area (Å²) < 4.78 is 24.0. The van der Waals surface area contributed by atoms with E-state index < -0.39 is 9.84 Å². The van der Waals surface area contributed by atoms with Gasteiger partial charge in [-0.25, -0.2) is 13.4 Å². The lowest BCUT2D eigenvalue weighted by molar-refractivity contribution is 0.599. The quantitative estimate of drug-likeness (QED) is 0.353. The highest BCUT2D eigenvalue weighted by Gasteiger charge is 2.28. The molecule has 0 aromatic heterocycles. The SMILES string of the molecule is CCNC(=NCc1ccc(Br)cc1Cl)NC1CCS(=O)(=O)C1.I. The van der Waals surface area contributed by atoms with Gasteiger partial charge in [-0.1, -0.05) is 33.6 Å². The molecule has 0 bridgehead atoms. The molecular formula is C14H20BrClIN3O2S. The lowest BCUT2D eigenvalue weighted by Gasteiger charge is -2.16. The van der Waals surface area contributed by atoms with Gasteiger partial charge in [-0.3, -0.25) is 0 Å². The zero-order chi connectivity index (χ0) is 16.2. The van der Waals surface area contributed by atoms with Crippen LogP contribution in [0, 0.1) is 0 Å². The number of nitrogens with one attached hydrogen (secondary N) is 2. The summed E-state index contributed by atoms with van der Waals surface area (Å²) in [4.78, 5) is 4.49. The molecule has 2 N–H and O–H groups in total. The van der Waals surface area contributed by atoms with Crippen molar-refractivity contribution in [1.82, 2.24) is 10.6 Å². The molecule has 2 rings (SSSR count). The van der Waals surface area contributed by atoms with Gasteiger partial charge in [0.2, 0.25) is 0 Å². The van der Waals surface area contributed by atoms with Gasteiger partial charge in [-0.15, -0.1) is 24.0 Å². The minimum Gasteiger partial charge on any atom is -0.357 e. The second kappa shape index (κ2) is 9.43. The van der Waals surface area contributed by atoms with Gasteiger partial charge in [0.15, 0.2) is 15.8 Å². The second-order valence-electron chi connectivity index (χ2n) is 5.18. The van der Waals surface area contributed by atoms with Gasteiger partial charge in [0.05, 0.1) is 18.1 Å². The smallest absolute Gasteiger partial charge is 0.191 e. The summed E-state index contributed by atoms with van der Waals surface area (Å²) in [7, 11) is -2.91. The molecule has 0 aliphatic carbocycles. The van der Waals surface area contributed by atoms with E-state index in [-0.39, 0.29) is 41.5 Å². The lowest BCUT2D eigenvalue weighted by atomic mass is 10.2. The van der Waals surface area contributed by atoms with Crippen LogP contribution < -0.4 is 10.6 Å². The first-order valence-corrected chi connectivity index (χ1v) is 10.1. The molecular weight excluding hydrogens is 517 g/mol. The van der Waals surface area contributed by atoms with Crippen LogP contribution in [0.5, 0.6) is 0 Å². The third kappa shape index (κ3) is 6.75. The summed E-state index contributed by atoms with van der Waals surface area (Å²) >= 11 is 9.55. The molecule has 5 nitrogen and oxygen atoms in total. The van der Waals surface area contributed by atoms with E-state index in [0.717, 1.165) is 10.0 Å². The Hall–Kier alpha value is -0.0600. The van der Waals surface area contributed by atoms with Crippen molar-refractivity contribution in [3.63, 3.8) is 0 Å². The van der Waals surface area contributed by atoms with E-state index in [1.54, 1.807) is 0 Å². The number of hydrogen-bond acceptors (Lipinski definition) is 3. The van der Waals surface area contributed by atoms with Gasteiger partial charge in [0.1, 0.15) is 0 Å². The van der Waals surface area contributed by atoms with Crippen molar-refractivity contribution in [2.45, 2.75) is 25.9 Å². The number of aliphatic imine (C=N–C) groups is 1. The van der Waals surface area contributed by atoms with Crippen LogP contribution in [0.15, 0.2) is 27.7 Å². The Labute approximate surface area is 167 Å². The van der Waals surface area contributed by atoms with Gasteiger partial charge >= 0.3 is 0 Å². The maximum Gasteiger partial charge on any atom is 0.191 e. The van der Waals surface area contributed by atoms with Crippen LogP contribution in [0.2, 0.25) is 5.02 Å². The molecule has 1 aromatic rings. The van der Waals surface area contributed by atoms with Gasteiger partial charge in [-0.05, 0) is 31.0 Å². The molecule has 130 valence electrons. The van der Waals surface area contributed by atoms with Crippen molar-refractivity contribution in [3.05, 3.63) is 33.3 Å². The van der Waals surface area contributed by atoms with Crippen LogP contribution in [0.4, 0.5) is 0 Å². The molecule has 9 heteroatoms. The first kappa shape index (κ1) is 21.0. The highest BCUT2D eigenvalue weighted by atomic mass is 127. The van der Waals surface area contributed by atoms with Crippen LogP contribution in [0.25, 0.3) is 0 Å². The molecule has 1 aliphatic rings. The Morgan fingerprint density at radius 3 is 2.78 bits per heavy atom. The summed E-state index contributed by atoms with van der Waals surface area (Å²) in [5.41, 5.74) is 0.918. The second-order valence-corrected chi connectivity index (χ2v) is 8.73. The van der Waals surface area contributed by atoms with Crippen molar-refractivity contribution in [2.75, 3.05) is 18.1 Å². The van der Waals surface area contributed by atoms with Crippen LogP contribution in [0.1, 0.15) is 18.9 Å². The van der Waals surface area contributed by atoms with Crippen molar-refractivity contribution in [3.8, 4) is 0 Å². The Kier molecular flexibility index (Phi) is 8.60. The Balaban J connectivity index is 0.00000264. The summed E-state index contributed by atoms with van der Waals surface area (Å²) in [6.45, 7) is 3.11. The number of guanidine groups is 1. The number of rotatable bonds is 4. The molecule has 0 saturated carbocycles. The van der Waals surface area contributed by atoms with Gasteiger partial charge in [0.25, 0.3) is 0 Å². The summed E-state index contributed by atoms with van der Waals surface area (Å²) in [6.07, 6.45) is 0.617. The van der Waals surface area contributed by atoms with Gasteiger partial charge in [0, 0.05) is 22.1 Å². The highest BCUT2D eigenvalue weighted by molar-refractivity contribution is 14.0. The molecule has 1 aromatic carbocycles. The molecule has 1 atom stereocenters. The van der Waals surface area contributed by atoms with E-state index in [0.29, 0.717) is 30.5 Å². The van der Waals surface area contributed by atoms with Crippen LogP contribution in [-0.4, -0.2) is 38.5 Å². The topological polar surface area (TPSA) is 70.6 Å². The largest absolute Gasteiger partial charge is 0.357 e. The first-order valence-electron chi connectivity index (χ1n) is 7.09. The van der Waals surface area contributed by atoms with Crippen molar-refractivity contribution >= 4 is 67.3 Å². The normalized spacial score (nSPS) is 20.0. The fourth-order valence-corrected chi connectivity index (χ4v) is 4.64. The van der Waals surface area contributed by atoms with Gasteiger partial charge < -0.3 is 10.6 Å². The average Bonchev–Trinajstić information content (AvgIpc) is 2.77. The third-order valence-corrected chi connectivity index (χ3v) is 5.95. The minimum atomic E-state index is -2.91. The van der Waals surface area contributed by atoms with Crippen molar-refractivity contribution < 1.29 is 8.42 Å². The fourth-order valence-electron chi connectivity index (χ4n) is 2.24. The Morgan fingerprint density at radius 2 is 2.22 bits per heavy atom. The van der Waals surface area contributed by atoms with E-state index in [2.05, 4.69) is 31.6 Å². The highest BCUT2D eigenvalue weighted by Crippen LogP contribution is 2.22. The van der Waals surface area contributed by atoms with E-state index >= 15 is 0 Å². The summed E-state index contributed by atoms with van der Waals surface area (Å²) in [5.74, 6) is 1.02. The number of hydrogen-bond donors (Lipinski definition) is 2. The Bertz CT molecular complexity index is 670. The number of halogens is 3. The third-order valence-electron chi connectivity index (χ3n) is 3.34. The number of nitrogens with zero attached hydrogens (tertiary/aromatic N) is 1. The molecule has 1 unspecified atom stereocenters. The summed E-state index contributed by atoms with van der Waals surface area (Å²) in [6, 6.07) is 5.58. The zero-order valence-electron chi connectivity index (χ0n) is 12.7. The fraction of sp³-hybridized carbons (Fsp3) is 0.500. The zero-order valence-corrected chi connectivity index (χ0v) is 18.2. The van der Waals surface area contributed by atoms with E-state index in [1.165, 1.54) is 0 Å². The molecule has 1 saturated heterocycles. The van der Waals surface area contributed by atoms with Gasteiger partial charge in [-0.2, -0.15) is 0 Å². The predicted molar refractivity (Wildman–Crippen MR) is 110 cm³/mol.